The number of hydrogen-bond donors (Lipinski definition) is 2. The molecule has 98 valence electrons. The van der Waals surface area contributed by atoms with E-state index in [0.29, 0.717) is 24.2 Å². The van der Waals surface area contributed by atoms with Crippen molar-refractivity contribution in [2.75, 3.05) is 13.1 Å². The molecule has 2 N–H and O–H groups in total. The normalized spacial score (nSPS) is 9.89. The summed E-state index contributed by atoms with van der Waals surface area (Å²) in [6.07, 6.45) is 1.81. The Morgan fingerprint density at radius 1 is 0.833 bits per heavy atom. The highest BCUT2D eigenvalue weighted by molar-refractivity contribution is 5.97. The van der Waals surface area contributed by atoms with Gasteiger partial charge < -0.3 is 10.6 Å². The van der Waals surface area contributed by atoms with Crippen LogP contribution in [0.2, 0.25) is 0 Å². The van der Waals surface area contributed by atoms with Gasteiger partial charge in [0.1, 0.15) is 0 Å². The summed E-state index contributed by atoms with van der Waals surface area (Å²) >= 11 is 0. The SMILES string of the molecule is CCCNC(=O)c1ccc(C(=O)NCCC)cc1. The van der Waals surface area contributed by atoms with Crippen LogP contribution in [0.5, 0.6) is 0 Å². The summed E-state index contributed by atoms with van der Waals surface area (Å²) in [5.74, 6) is -0.199. The number of rotatable bonds is 6. The maximum absolute atomic E-state index is 11.6. The molecule has 0 unspecified atom stereocenters. The van der Waals surface area contributed by atoms with Crippen molar-refractivity contribution in [3.63, 3.8) is 0 Å². The molecule has 4 heteroatoms. The van der Waals surface area contributed by atoms with Crippen LogP contribution in [0.1, 0.15) is 47.4 Å². The van der Waals surface area contributed by atoms with Crippen molar-refractivity contribution in [1.82, 2.24) is 10.6 Å². The average Bonchev–Trinajstić information content (AvgIpc) is 2.42. The number of nitrogens with one attached hydrogen (secondary N) is 2. The lowest BCUT2D eigenvalue weighted by Gasteiger charge is -2.06. The van der Waals surface area contributed by atoms with E-state index in [1.54, 1.807) is 24.3 Å². The molecule has 0 fully saturated rings. The van der Waals surface area contributed by atoms with Gasteiger partial charge in [0.25, 0.3) is 11.8 Å². The second-order valence-electron chi connectivity index (χ2n) is 4.09. The van der Waals surface area contributed by atoms with Crippen LogP contribution >= 0.6 is 0 Å². The summed E-state index contributed by atoms with van der Waals surface area (Å²) in [7, 11) is 0. The summed E-state index contributed by atoms with van der Waals surface area (Å²) in [4.78, 5) is 23.3. The van der Waals surface area contributed by atoms with Gasteiger partial charge in [0.2, 0.25) is 0 Å². The average molecular weight is 248 g/mol. The minimum atomic E-state index is -0.0997. The van der Waals surface area contributed by atoms with Gasteiger partial charge in [-0.1, -0.05) is 13.8 Å². The molecule has 0 aliphatic carbocycles. The van der Waals surface area contributed by atoms with Crippen LogP contribution < -0.4 is 10.6 Å². The van der Waals surface area contributed by atoms with Crippen LogP contribution in [0.25, 0.3) is 0 Å². The number of benzene rings is 1. The molecule has 0 bridgehead atoms. The van der Waals surface area contributed by atoms with E-state index in [0.717, 1.165) is 12.8 Å². The smallest absolute Gasteiger partial charge is 0.251 e. The van der Waals surface area contributed by atoms with Crippen molar-refractivity contribution >= 4 is 11.8 Å². The molecule has 0 aromatic heterocycles. The number of hydrogen-bond acceptors (Lipinski definition) is 2. The maximum Gasteiger partial charge on any atom is 0.251 e. The van der Waals surface area contributed by atoms with E-state index in [-0.39, 0.29) is 11.8 Å². The molecule has 0 aliphatic rings. The third-order valence-corrected chi connectivity index (χ3v) is 2.48. The molecule has 4 nitrogen and oxygen atoms in total. The lowest BCUT2D eigenvalue weighted by Crippen LogP contribution is -2.25. The molecule has 0 heterocycles. The second-order valence-corrected chi connectivity index (χ2v) is 4.09. The first-order valence-corrected chi connectivity index (χ1v) is 6.35. The molecule has 2 amide bonds. The predicted molar refractivity (Wildman–Crippen MR) is 71.7 cm³/mol. The lowest BCUT2D eigenvalue weighted by molar-refractivity contribution is 0.0941. The second kappa shape index (κ2) is 7.48. The van der Waals surface area contributed by atoms with Crippen LogP contribution in [-0.2, 0) is 0 Å². The van der Waals surface area contributed by atoms with Crippen LogP contribution in [0.3, 0.4) is 0 Å². The van der Waals surface area contributed by atoms with Gasteiger partial charge in [0, 0.05) is 24.2 Å². The van der Waals surface area contributed by atoms with Gasteiger partial charge in [-0.3, -0.25) is 9.59 Å². The first kappa shape index (κ1) is 14.2. The van der Waals surface area contributed by atoms with Gasteiger partial charge in [-0.05, 0) is 37.1 Å². The molecule has 0 saturated carbocycles. The summed E-state index contributed by atoms with van der Waals surface area (Å²) in [5.41, 5.74) is 1.16. The zero-order valence-electron chi connectivity index (χ0n) is 11.0. The Morgan fingerprint density at radius 3 is 1.44 bits per heavy atom. The van der Waals surface area contributed by atoms with E-state index in [9.17, 15) is 9.59 Å². The van der Waals surface area contributed by atoms with Crippen LogP contribution in [0, 0.1) is 0 Å². The Morgan fingerprint density at radius 2 is 1.17 bits per heavy atom. The van der Waals surface area contributed by atoms with Crippen molar-refractivity contribution in [2.24, 2.45) is 0 Å². The summed E-state index contributed by atoms with van der Waals surface area (Å²) in [6, 6.07) is 6.69. The van der Waals surface area contributed by atoms with Crippen LogP contribution in [0.4, 0.5) is 0 Å². The molecule has 1 aromatic rings. The first-order valence-electron chi connectivity index (χ1n) is 6.35. The van der Waals surface area contributed by atoms with Gasteiger partial charge >= 0.3 is 0 Å². The Bertz CT molecular complexity index is 360. The molecular formula is C14H20N2O2. The van der Waals surface area contributed by atoms with E-state index in [2.05, 4.69) is 10.6 Å². The fourth-order valence-electron chi connectivity index (χ4n) is 1.45. The Labute approximate surface area is 108 Å². The zero-order chi connectivity index (χ0) is 13.4. The molecule has 0 atom stereocenters. The number of carbonyl (C=O) groups excluding carboxylic acids is 2. The highest BCUT2D eigenvalue weighted by atomic mass is 16.2. The largest absolute Gasteiger partial charge is 0.352 e. The van der Waals surface area contributed by atoms with E-state index >= 15 is 0 Å². The van der Waals surface area contributed by atoms with Crippen molar-refractivity contribution in [1.29, 1.82) is 0 Å². The standard InChI is InChI=1S/C14H20N2O2/c1-3-9-15-13(17)11-5-7-12(8-6-11)14(18)16-10-4-2/h5-8H,3-4,9-10H2,1-2H3,(H,15,17)(H,16,18). The lowest BCUT2D eigenvalue weighted by atomic mass is 10.1. The van der Waals surface area contributed by atoms with Crippen molar-refractivity contribution in [3.05, 3.63) is 35.4 Å². The minimum absolute atomic E-state index is 0.0997. The molecule has 1 rings (SSSR count). The topological polar surface area (TPSA) is 58.2 Å². The molecule has 0 radical (unpaired) electrons. The van der Waals surface area contributed by atoms with E-state index in [4.69, 9.17) is 0 Å². The monoisotopic (exact) mass is 248 g/mol. The highest BCUT2D eigenvalue weighted by Crippen LogP contribution is 2.04. The molecule has 0 aliphatic heterocycles. The van der Waals surface area contributed by atoms with Gasteiger partial charge in [0.05, 0.1) is 0 Å². The quantitative estimate of drug-likeness (QED) is 0.808. The fraction of sp³-hybridized carbons (Fsp3) is 0.429. The molecule has 1 aromatic carbocycles. The Hall–Kier alpha value is -1.84. The van der Waals surface area contributed by atoms with Crippen molar-refractivity contribution in [3.8, 4) is 0 Å². The summed E-state index contributed by atoms with van der Waals surface area (Å²) in [6.45, 7) is 5.33. The number of amides is 2. The molecule has 0 saturated heterocycles. The van der Waals surface area contributed by atoms with Crippen LogP contribution in [0.15, 0.2) is 24.3 Å². The number of carbonyl (C=O) groups is 2. The molecule has 0 spiro atoms. The van der Waals surface area contributed by atoms with Gasteiger partial charge in [-0.25, -0.2) is 0 Å². The molecular weight excluding hydrogens is 228 g/mol. The van der Waals surface area contributed by atoms with Crippen LogP contribution in [-0.4, -0.2) is 24.9 Å². The summed E-state index contributed by atoms with van der Waals surface area (Å²) in [5, 5.41) is 5.58. The third-order valence-electron chi connectivity index (χ3n) is 2.48. The maximum atomic E-state index is 11.6. The minimum Gasteiger partial charge on any atom is -0.352 e. The van der Waals surface area contributed by atoms with Gasteiger partial charge in [-0.15, -0.1) is 0 Å². The van der Waals surface area contributed by atoms with E-state index < -0.39 is 0 Å². The summed E-state index contributed by atoms with van der Waals surface area (Å²) < 4.78 is 0. The zero-order valence-corrected chi connectivity index (χ0v) is 11.0. The van der Waals surface area contributed by atoms with Gasteiger partial charge in [0.15, 0.2) is 0 Å². The molecule has 18 heavy (non-hydrogen) atoms. The Kier molecular flexibility index (Phi) is 5.91. The first-order chi connectivity index (χ1) is 8.69. The Balaban J connectivity index is 2.62. The highest BCUT2D eigenvalue weighted by Gasteiger charge is 2.07. The van der Waals surface area contributed by atoms with Crippen molar-refractivity contribution < 1.29 is 9.59 Å². The van der Waals surface area contributed by atoms with E-state index in [1.807, 2.05) is 13.8 Å². The van der Waals surface area contributed by atoms with Crippen molar-refractivity contribution in [2.45, 2.75) is 26.7 Å². The third kappa shape index (κ3) is 4.20. The fourth-order valence-corrected chi connectivity index (χ4v) is 1.45. The van der Waals surface area contributed by atoms with E-state index in [1.165, 1.54) is 0 Å². The predicted octanol–water partition coefficient (Wildman–Crippen LogP) is 1.97. The van der Waals surface area contributed by atoms with Gasteiger partial charge in [-0.2, -0.15) is 0 Å².